The lowest BCUT2D eigenvalue weighted by atomic mass is 10.1. The molecule has 1 amide bonds. The molecule has 2 aromatic rings. The summed E-state index contributed by atoms with van der Waals surface area (Å²) in [6, 6.07) is 9.88. The van der Waals surface area contributed by atoms with Gasteiger partial charge < -0.3 is 14.8 Å². The van der Waals surface area contributed by atoms with Crippen molar-refractivity contribution >= 4 is 5.91 Å². The molecule has 0 aliphatic carbocycles. The molecule has 1 N–H and O–H groups in total. The number of amides is 1. The maximum Gasteiger partial charge on any atom is 0.255 e. The summed E-state index contributed by atoms with van der Waals surface area (Å²) in [4.78, 5) is 12.5. The van der Waals surface area contributed by atoms with Gasteiger partial charge >= 0.3 is 0 Å². The highest BCUT2D eigenvalue weighted by Gasteiger charge is 2.29. The fraction of sp³-hybridized carbons (Fsp3) is 0.444. The third-order valence-electron chi connectivity index (χ3n) is 4.17. The van der Waals surface area contributed by atoms with Crippen molar-refractivity contribution in [2.75, 3.05) is 13.2 Å². The van der Waals surface area contributed by atoms with Gasteiger partial charge in [-0.15, -0.1) is 0 Å². The fourth-order valence-electron chi connectivity index (χ4n) is 2.90. The van der Waals surface area contributed by atoms with E-state index in [0.29, 0.717) is 31.1 Å². The number of hydrogen-bond donors (Lipinski definition) is 1. The summed E-state index contributed by atoms with van der Waals surface area (Å²) in [5.41, 5.74) is 2.43. The largest absolute Gasteiger partial charge is 0.379 e. The van der Waals surface area contributed by atoms with E-state index in [1.54, 1.807) is 17.9 Å². The third-order valence-corrected chi connectivity index (χ3v) is 4.17. The molecule has 0 bridgehead atoms. The van der Waals surface area contributed by atoms with E-state index in [1.165, 1.54) is 0 Å². The molecule has 0 unspecified atom stereocenters. The zero-order valence-electron chi connectivity index (χ0n) is 14.1. The summed E-state index contributed by atoms with van der Waals surface area (Å²) in [7, 11) is 1.80. The summed E-state index contributed by atoms with van der Waals surface area (Å²) in [6.45, 7) is 3.47. The van der Waals surface area contributed by atoms with E-state index in [2.05, 4.69) is 10.4 Å². The van der Waals surface area contributed by atoms with Crippen LogP contribution in [0.3, 0.4) is 0 Å². The van der Waals surface area contributed by atoms with Crippen LogP contribution in [0.15, 0.2) is 36.5 Å². The Hall–Kier alpha value is -2.18. The average molecular weight is 329 g/mol. The summed E-state index contributed by atoms with van der Waals surface area (Å²) >= 11 is 0. The molecular weight excluding hydrogens is 306 g/mol. The Labute approximate surface area is 141 Å². The van der Waals surface area contributed by atoms with Crippen molar-refractivity contribution < 1.29 is 14.3 Å². The van der Waals surface area contributed by atoms with Crippen molar-refractivity contribution in [3.05, 3.63) is 53.3 Å². The highest BCUT2D eigenvalue weighted by molar-refractivity contribution is 5.95. The van der Waals surface area contributed by atoms with Gasteiger partial charge in [0, 0.05) is 19.9 Å². The number of benzene rings is 1. The zero-order chi connectivity index (χ0) is 16.9. The van der Waals surface area contributed by atoms with Gasteiger partial charge in [0.2, 0.25) is 0 Å². The van der Waals surface area contributed by atoms with Crippen LogP contribution >= 0.6 is 0 Å². The van der Waals surface area contributed by atoms with E-state index in [1.807, 2.05) is 37.3 Å². The lowest BCUT2D eigenvalue weighted by Crippen LogP contribution is -2.50. The van der Waals surface area contributed by atoms with E-state index >= 15 is 0 Å². The van der Waals surface area contributed by atoms with Gasteiger partial charge in [-0.1, -0.05) is 30.3 Å². The molecule has 1 saturated heterocycles. The zero-order valence-corrected chi connectivity index (χ0v) is 14.1. The third kappa shape index (κ3) is 4.01. The summed E-state index contributed by atoms with van der Waals surface area (Å²) in [5.74, 6) is -0.135. The van der Waals surface area contributed by atoms with Crippen LogP contribution in [0.4, 0.5) is 0 Å². The lowest BCUT2D eigenvalue weighted by molar-refractivity contribution is -0.0605. The van der Waals surface area contributed by atoms with E-state index in [0.717, 1.165) is 12.0 Å². The number of ether oxygens (including phenoxy) is 2. The van der Waals surface area contributed by atoms with Crippen LogP contribution in [0.2, 0.25) is 0 Å². The predicted octanol–water partition coefficient (Wildman–Crippen LogP) is 1.83. The smallest absolute Gasteiger partial charge is 0.255 e. The molecule has 1 fully saturated rings. The molecule has 0 radical (unpaired) electrons. The summed E-state index contributed by atoms with van der Waals surface area (Å²) in [6.07, 6.45) is 2.44. The number of hydrogen-bond acceptors (Lipinski definition) is 4. The number of nitrogens with one attached hydrogen (secondary N) is 1. The van der Waals surface area contributed by atoms with Crippen LogP contribution in [0.5, 0.6) is 0 Å². The first-order valence-corrected chi connectivity index (χ1v) is 8.18. The number of carbonyl (C=O) groups is 1. The van der Waals surface area contributed by atoms with Crippen LogP contribution in [0.1, 0.15) is 28.0 Å². The van der Waals surface area contributed by atoms with Gasteiger partial charge in [-0.05, 0) is 18.9 Å². The van der Waals surface area contributed by atoms with Crippen molar-refractivity contribution in [3.8, 4) is 0 Å². The average Bonchev–Trinajstić information content (AvgIpc) is 2.93. The number of nitrogens with zero attached hydrogens (tertiary/aromatic N) is 2. The molecule has 1 aromatic heterocycles. The molecule has 128 valence electrons. The van der Waals surface area contributed by atoms with Crippen molar-refractivity contribution in [1.82, 2.24) is 15.1 Å². The molecule has 6 nitrogen and oxygen atoms in total. The van der Waals surface area contributed by atoms with E-state index < -0.39 is 0 Å². The molecule has 3 rings (SSSR count). The minimum atomic E-state index is -0.158. The molecular formula is C18H23N3O3. The molecule has 6 heteroatoms. The van der Waals surface area contributed by atoms with E-state index in [4.69, 9.17) is 9.47 Å². The minimum Gasteiger partial charge on any atom is -0.379 e. The Morgan fingerprint density at radius 2 is 2.21 bits per heavy atom. The normalized spacial score (nSPS) is 20.8. The Morgan fingerprint density at radius 1 is 1.42 bits per heavy atom. The van der Waals surface area contributed by atoms with Crippen molar-refractivity contribution in [1.29, 1.82) is 0 Å². The minimum absolute atomic E-state index is 0.0557. The van der Waals surface area contributed by atoms with Gasteiger partial charge in [-0.3, -0.25) is 9.48 Å². The van der Waals surface area contributed by atoms with E-state index in [-0.39, 0.29) is 18.1 Å². The van der Waals surface area contributed by atoms with Crippen molar-refractivity contribution in [2.24, 2.45) is 7.05 Å². The number of aromatic nitrogens is 2. The molecule has 0 spiro atoms. The van der Waals surface area contributed by atoms with Crippen LogP contribution < -0.4 is 5.32 Å². The number of aryl methyl sites for hydroxylation is 2. The van der Waals surface area contributed by atoms with Crippen LogP contribution in [0.25, 0.3) is 0 Å². The van der Waals surface area contributed by atoms with Gasteiger partial charge in [0.25, 0.3) is 5.91 Å². The lowest BCUT2D eigenvalue weighted by Gasteiger charge is -2.32. The van der Waals surface area contributed by atoms with Crippen LogP contribution in [0, 0.1) is 6.92 Å². The Bertz CT molecular complexity index is 684. The van der Waals surface area contributed by atoms with E-state index in [9.17, 15) is 4.79 Å². The molecule has 1 aliphatic rings. The first kappa shape index (κ1) is 16.7. The standard InChI is InChI=1S/C18H23N3O3/c1-13-15(10-21(2)20-13)18(22)19-16-12-23-9-8-17(16)24-11-14-6-4-3-5-7-14/h3-7,10,16-17H,8-9,11-12H2,1-2H3,(H,19,22)/t16-,17+/m1/s1. The first-order chi connectivity index (χ1) is 11.6. The van der Waals surface area contributed by atoms with Crippen LogP contribution in [-0.2, 0) is 23.1 Å². The second-order valence-corrected chi connectivity index (χ2v) is 6.08. The van der Waals surface area contributed by atoms with Gasteiger partial charge in [0.15, 0.2) is 0 Å². The predicted molar refractivity (Wildman–Crippen MR) is 89.7 cm³/mol. The van der Waals surface area contributed by atoms with Crippen LogP contribution in [-0.4, -0.2) is 41.0 Å². The maximum absolute atomic E-state index is 12.5. The number of rotatable bonds is 5. The van der Waals surface area contributed by atoms with Gasteiger partial charge in [0.1, 0.15) is 0 Å². The first-order valence-electron chi connectivity index (χ1n) is 8.18. The molecule has 2 heterocycles. The monoisotopic (exact) mass is 329 g/mol. The Kier molecular flexibility index (Phi) is 5.27. The number of carbonyl (C=O) groups excluding carboxylic acids is 1. The van der Waals surface area contributed by atoms with Gasteiger partial charge in [-0.25, -0.2) is 0 Å². The quantitative estimate of drug-likeness (QED) is 0.909. The topological polar surface area (TPSA) is 65.4 Å². The van der Waals surface area contributed by atoms with Crippen molar-refractivity contribution in [3.63, 3.8) is 0 Å². The molecule has 1 aromatic carbocycles. The highest BCUT2D eigenvalue weighted by atomic mass is 16.5. The Morgan fingerprint density at radius 3 is 2.92 bits per heavy atom. The second-order valence-electron chi connectivity index (χ2n) is 6.08. The van der Waals surface area contributed by atoms with Crippen molar-refractivity contribution in [2.45, 2.75) is 32.1 Å². The second kappa shape index (κ2) is 7.59. The maximum atomic E-state index is 12.5. The molecule has 1 aliphatic heterocycles. The Balaban J connectivity index is 1.61. The highest BCUT2D eigenvalue weighted by Crippen LogP contribution is 2.15. The molecule has 0 saturated carbocycles. The van der Waals surface area contributed by atoms with Gasteiger partial charge in [-0.2, -0.15) is 5.10 Å². The molecule has 24 heavy (non-hydrogen) atoms. The molecule has 2 atom stereocenters. The SMILES string of the molecule is Cc1nn(C)cc1C(=O)N[C@@H]1COCC[C@@H]1OCc1ccccc1. The summed E-state index contributed by atoms with van der Waals surface area (Å²) < 4.78 is 13.2. The van der Waals surface area contributed by atoms with Gasteiger partial charge in [0.05, 0.1) is 36.6 Å². The summed E-state index contributed by atoms with van der Waals surface area (Å²) in [5, 5.41) is 7.25. The fourth-order valence-corrected chi connectivity index (χ4v) is 2.90.